The monoisotopic (exact) mass is 488 g/mol. The van der Waals surface area contributed by atoms with Gasteiger partial charge in [0.25, 0.3) is 0 Å². The lowest BCUT2D eigenvalue weighted by Crippen LogP contribution is -2.44. The van der Waals surface area contributed by atoms with Crippen LogP contribution in [-0.2, 0) is 17.5 Å². The molecule has 7 heteroatoms. The molecule has 1 amide bonds. The molecule has 0 aromatic heterocycles. The number of rotatable bonds is 6. The predicted molar refractivity (Wildman–Crippen MR) is 126 cm³/mol. The number of piperidine rings is 1. The lowest BCUT2D eigenvalue weighted by molar-refractivity contribution is -0.137. The molecule has 2 atom stereocenters. The maximum atomic E-state index is 13.8. The van der Waals surface area contributed by atoms with E-state index < -0.39 is 23.0 Å². The topological polar surface area (TPSA) is 32.3 Å². The Kier molecular flexibility index (Phi) is 6.64. The fourth-order valence-electron chi connectivity index (χ4n) is 6.36. The van der Waals surface area contributed by atoms with Crippen molar-refractivity contribution >= 4 is 5.91 Å². The quantitative estimate of drug-likeness (QED) is 0.485. The molecule has 1 saturated heterocycles. The standard InChI is InChI=1S/C28H32F4N2O/c29-24-15-19(14-23(16-24)28(30,31)32)18-33-26(35)27(22-6-7-22)11-8-25(17-27)34-12-9-21(10-13-34)20-4-2-1-3-5-20/h1-5,14-16,21-22,25H,6-13,17-18H2,(H,33,35). The number of alkyl halides is 3. The van der Waals surface area contributed by atoms with Gasteiger partial charge in [-0.25, -0.2) is 4.39 Å². The van der Waals surface area contributed by atoms with E-state index in [2.05, 4.69) is 34.5 Å². The van der Waals surface area contributed by atoms with E-state index in [1.807, 2.05) is 6.07 Å². The molecule has 2 unspecified atom stereocenters. The minimum Gasteiger partial charge on any atom is -0.352 e. The summed E-state index contributed by atoms with van der Waals surface area (Å²) in [7, 11) is 0. The average Bonchev–Trinajstić information content (AvgIpc) is 3.61. The highest BCUT2D eigenvalue weighted by Gasteiger charge is 2.55. The van der Waals surface area contributed by atoms with E-state index in [0.29, 0.717) is 23.9 Å². The maximum Gasteiger partial charge on any atom is 0.416 e. The summed E-state index contributed by atoms with van der Waals surface area (Å²) in [6, 6.07) is 13.5. The molecule has 3 fully saturated rings. The smallest absolute Gasteiger partial charge is 0.352 e. The predicted octanol–water partition coefficient (Wildman–Crippen LogP) is 6.29. The molecule has 0 bridgehead atoms. The number of carbonyl (C=O) groups excluding carboxylic acids is 1. The van der Waals surface area contributed by atoms with Gasteiger partial charge in [-0.05, 0) is 99.2 Å². The fraction of sp³-hybridized carbons (Fsp3) is 0.536. The van der Waals surface area contributed by atoms with Crippen molar-refractivity contribution in [1.82, 2.24) is 10.2 Å². The first-order valence-electron chi connectivity index (χ1n) is 12.7. The van der Waals surface area contributed by atoms with Crippen molar-refractivity contribution in [3.05, 3.63) is 71.0 Å². The molecule has 2 aromatic carbocycles. The first kappa shape index (κ1) is 24.3. The third-order valence-electron chi connectivity index (χ3n) is 8.39. The number of amides is 1. The molecule has 1 heterocycles. The second kappa shape index (κ2) is 9.57. The number of halogens is 4. The Bertz CT molecular complexity index is 1040. The van der Waals surface area contributed by atoms with Crippen molar-refractivity contribution in [1.29, 1.82) is 0 Å². The van der Waals surface area contributed by atoms with Gasteiger partial charge in [0.15, 0.2) is 0 Å². The number of hydrogen-bond acceptors (Lipinski definition) is 2. The zero-order valence-corrected chi connectivity index (χ0v) is 19.8. The van der Waals surface area contributed by atoms with Gasteiger partial charge >= 0.3 is 6.18 Å². The largest absolute Gasteiger partial charge is 0.416 e. The van der Waals surface area contributed by atoms with Gasteiger partial charge in [0.2, 0.25) is 5.91 Å². The molecule has 3 aliphatic rings. The van der Waals surface area contributed by atoms with Gasteiger partial charge in [0.1, 0.15) is 5.82 Å². The van der Waals surface area contributed by atoms with Crippen LogP contribution in [0.3, 0.4) is 0 Å². The van der Waals surface area contributed by atoms with Gasteiger partial charge in [-0.1, -0.05) is 30.3 Å². The first-order chi connectivity index (χ1) is 16.7. The van der Waals surface area contributed by atoms with Crippen LogP contribution in [0.15, 0.2) is 48.5 Å². The number of hydrogen-bond donors (Lipinski definition) is 1. The van der Waals surface area contributed by atoms with E-state index in [1.54, 1.807) is 0 Å². The minimum atomic E-state index is -4.62. The van der Waals surface area contributed by atoms with Crippen LogP contribution in [0.1, 0.15) is 67.6 Å². The Morgan fingerprint density at radius 3 is 2.37 bits per heavy atom. The zero-order valence-electron chi connectivity index (χ0n) is 19.8. The van der Waals surface area contributed by atoms with E-state index in [1.165, 1.54) is 5.56 Å². The van der Waals surface area contributed by atoms with Crippen molar-refractivity contribution in [2.75, 3.05) is 13.1 Å². The molecule has 1 N–H and O–H groups in total. The Morgan fingerprint density at radius 1 is 1.00 bits per heavy atom. The van der Waals surface area contributed by atoms with Crippen LogP contribution >= 0.6 is 0 Å². The summed E-state index contributed by atoms with van der Waals surface area (Å²) in [6.45, 7) is 1.95. The molecule has 35 heavy (non-hydrogen) atoms. The van der Waals surface area contributed by atoms with Gasteiger partial charge in [-0.2, -0.15) is 13.2 Å². The van der Waals surface area contributed by atoms with Crippen LogP contribution < -0.4 is 5.32 Å². The first-order valence-corrected chi connectivity index (χ1v) is 12.7. The third-order valence-corrected chi connectivity index (χ3v) is 8.39. The van der Waals surface area contributed by atoms with Crippen LogP contribution in [0.4, 0.5) is 17.6 Å². The summed E-state index contributed by atoms with van der Waals surface area (Å²) < 4.78 is 52.9. The highest BCUT2D eigenvalue weighted by Crippen LogP contribution is 2.56. The summed E-state index contributed by atoms with van der Waals surface area (Å²) in [5.41, 5.74) is 0.0464. The second-order valence-electron chi connectivity index (χ2n) is 10.6. The van der Waals surface area contributed by atoms with Crippen LogP contribution in [0.5, 0.6) is 0 Å². The van der Waals surface area contributed by atoms with Gasteiger partial charge in [0.05, 0.1) is 11.0 Å². The van der Waals surface area contributed by atoms with Gasteiger partial charge in [0, 0.05) is 12.6 Å². The molecule has 2 aromatic rings. The molecule has 5 rings (SSSR count). The van der Waals surface area contributed by atoms with Crippen LogP contribution in [0, 0.1) is 17.2 Å². The number of nitrogens with zero attached hydrogens (tertiary/aromatic N) is 1. The van der Waals surface area contributed by atoms with Gasteiger partial charge in [-0.3, -0.25) is 4.79 Å². The highest BCUT2D eigenvalue weighted by molar-refractivity contribution is 5.83. The lowest BCUT2D eigenvalue weighted by Gasteiger charge is -2.37. The number of nitrogens with one attached hydrogen (secondary N) is 1. The minimum absolute atomic E-state index is 0.0838. The van der Waals surface area contributed by atoms with Gasteiger partial charge in [-0.15, -0.1) is 0 Å². The highest BCUT2D eigenvalue weighted by atomic mass is 19.4. The molecule has 188 valence electrons. The fourth-order valence-corrected chi connectivity index (χ4v) is 6.36. The van der Waals surface area contributed by atoms with Crippen molar-refractivity contribution < 1.29 is 22.4 Å². The summed E-state index contributed by atoms with van der Waals surface area (Å²) in [5.74, 6) is -0.105. The van der Waals surface area contributed by atoms with Crippen molar-refractivity contribution in [3.8, 4) is 0 Å². The van der Waals surface area contributed by atoms with Crippen LogP contribution in [0.2, 0.25) is 0 Å². The molecule has 0 spiro atoms. The lowest BCUT2D eigenvalue weighted by atomic mass is 9.79. The summed E-state index contributed by atoms with van der Waals surface area (Å²) in [6.07, 6.45) is 2.23. The van der Waals surface area contributed by atoms with E-state index in [9.17, 15) is 22.4 Å². The molecular formula is C28H32F4N2O. The summed E-state index contributed by atoms with van der Waals surface area (Å²) in [4.78, 5) is 15.9. The summed E-state index contributed by atoms with van der Waals surface area (Å²) in [5, 5.41) is 2.87. The van der Waals surface area contributed by atoms with Crippen LogP contribution in [-0.4, -0.2) is 29.9 Å². The maximum absolute atomic E-state index is 13.8. The zero-order chi connectivity index (χ0) is 24.6. The Labute approximate surface area is 203 Å². The molecule has 1 aliphatic heterocycles. The number of carbonyl (C=O) groups is 1. The SMILES string of the molecule is O=C(NCc1cc(F)cc(C(F)(F)F)c1)C1(C2CC2)CCC(N2CCC(c3ccccc3)CC2)C1. The van der Waals surface area contributed by atoms with E-state index in [4.69, 9.17) is 0 Å². The van der Waals surface area contributed by atoms with E-state index in [-0.39, 0.29) is 18.0 Å². The normalized spacial score (nSPS) is 26.1. The average molecular weight is 489 g/mol. The molecule has 3 nitrogen and oxygen atoms in total. The molecule has 2 aliphatic carbocycles. The number of likely N-dealkylation sites (tertiary alicyclic amines) is 1. The Balaban J connectivity index is 1.21. The van der Waals surface area contributed by atoms with E-state index >= 15 is 0 Å². The Hall–Kier alpha value is -2.41. The van der Waals surface area contributed by atoms with E-state index in [0.717, 1.165) is 70.2 Å². The van der Waals surface area contributed by atoms with Gasteiger partial charge < -0.3 is 10.2 Å². The third kappa shape index (κ3) is 5.25. The summed E-state index contributed by atoms with van der Waals surface area (Å²) >= 11 is 0. The van der Waals surface area contributed by atoms with Crippen LogP contribution in [0.25, 0.3) is 0 Å². The number of benzene rings is 2. The molecule has 0 radical (unpaired) electrons. The molecule has 2 saturated carbocycles. The second-order valence-corrected chi connectivity index (χ2v) is 10.6. The van der Waals surface area contributed by atoms with Crippen molar-refractivity contribution in [2.45, 2.75) is 69.6 Å². The Morgan fingerprint density at radius 2 is 1.71 bits per heavy atom. The van der Waals surface area contributed by atoms with Crippen molar-refractivity contribution in [3.63, 3.8) is 0 Å². The molecular weight excluding hydrogens is 456 g/mol. The van der Waals surface area contributed by atoms with Crippen molar-refractivity contribution in [2.24, 2.45) is 11.3 Å².